The van der Waals surface area contributed by atoms with Crippen molar-refractivity contribution in [3.05, 3.63) is 84.4 Å². The molecule has 0 radical (unpaired) electrons. The van der Waals surface area contributed by atoms with Gasteiger partial charge >= 0.3 is 0 Å². The standard InChI is InChI=1S/C21H20O/c1-16(2)18-13-14-21(22-19-11-7-4-8-12-19)20(15-18)17-9-5-3-6-10-17/h3-16H,1-2H3. The van der Waals surface area contributed by atoms with Gasteiger partial charge in [0.1, 0.15) is 11.5 Å². The molecule has 0 saturated carbocycles. The van der Waals surface area contributed by atoms with Gasteiger partial charge in [-0.15, -0.1) is 0 Å². The lowest BCUT2D eigenvalue weighted by Gasteiger charge is -2.15. The van der Waals surface area contributed by atoms with Crippen molar-refractivity contribution in [1.29, 1.82) is 0 Å². The molecule has 0 atom stereocenters. The van der Waals surface area contributed by atoms with Crippen LogP contribution >= 0.6 is 0 Å². The Morgan fingerprint density at radius 3 is 2.00 bits per heavy atom. The van der Waals surface area contributed by atoms with E-state index in [4.69, 9.17) is 4.74 Å². The minimum atomic E-state index is 0.494. The Kier molecular flexibility index (Phi) is 4.24. The predicted molar refractivity (Wildman–Crippen MR) is 92.5 cm³/mol. The van der Waals surface area contributed by atoms with Gasteiger partial charge in [-0.3, -0.25) is 0 Å². The molecule has 110 valence electrons. The zero-order valence-corrected chi connectivity index (χ0v) is 13.0. The van der Waals surface area contributed by atoms with Crippen molar-refractivity contribution >= 4 is 0 Å². The highest BCUT2D eigenvalue weighted by atomic mass is 16.5. The smallest absolute Gasteiger partial charge is 0.135 e. The van der Waals surface area contributed by atoms with E-state index in [-0.39, 0.29) is 0 Å². The molecule has 0 amide bonds. The van der Waals surface area contributed by atoms with Gasteiger partial charge in [0.15, 0.2) is 0 Å². The van der Waals surface area contributed by atoms with Crippen molar-refractivity contribution in [3.63, 3.8) is 0 Å². The van der Waals surface area contributed by atoms with E-state index >= 15 is 0 Å². The fraction of sp³-hybridized carbons (Fsp3) is 0.143. The minimum Gasteiger partial charge on any atom is -0.457 e. The van der Waals surface area contributed by atoms with Crippen molar-refractivity contribution in [2.75, 3.05) is 0 Å². The first-order chi connectivity index (χ1) is 10.7. The summed E-state index contributed by atoms with van der Waals surface area (Å²) in [5.41, 5.74) is 3.63. The maximum Gasteiger partial charge on any atom is 0.135 e. The summed E-state index contributed by atoms with van der Waals surface area (Å²) in [6, 6.07) is 26.8. The van der Waals surface area contributed by atoms with E-state index in [0.29, 0.717) is 5.92 Å². The first-order valence-electron chi connectivity index (χ1n) is 7.66. The van der Waals surface area contributed by atoms with E-state index in [2.05, 4.69) is 56.3 Å². The molecule has 0 fully saturated rings. The van der Waals surface area contributed by atoms with Crippen LogP contribution in [0.15, 0.2) is 78.9 Å². The highest BCUT2D eigenvalue weighted by molar-refractivity contribution is 5.71. The van der Waals surface area contributed by atoms with E-state index in [9.17, 15) is 0 Å². The molecule has 1 nitrogen and oxygen atoms in total. The minimum absolute atomic E-state index is 0.494. The lowest BCUT2D eigenvalue weighted by molar-refractivity contribution is 0.484. The van der Waals surface area contributed by atoms with E-state index in [1.165, 1.54) is 11.1 Å². The van der Waals surface area contributed by atoms with Crippen molar-refractivity contribution in [1.82, 2.24) is 0 Å². The van der Waals surface area contributed by atoms with E-state index < -0.39 is 0 Å². The Bertz CT molecular complexity index is 730. The Morgan fingerprint density at radius 1 is 0.727 bits per heavy atom. The molecule has 0 heterocycles. The van der Waals surface area contributed by atoms with Crippen LogP contribution in [0.5, 0.6) is 11.5 Å². The number of para-hydroxylation sites is 1. The summed E-state index contributed by atoms with van der Waals surface area (Å²) in [4.78, 5) is 0. The first kappa shape index (κ1) is 14.4. The van der Waals surface area contributed by atoms with Gasteiger partial charge in [-0.1, -0.05) is 68.4 Å². The van der Waals surface area contributed by atoms with Crippen molar-refractivity contribution < 1.29 is 4.74 Å². The van der Waals surface area contributed by atoms with Crippen LogP contribution in [0, 0.1) is 0 Å². The second kappa shape index (κ2) is 6.48. The molecule has 0 bridgehead atoms. The van der Waals surface area contributed by atoms with Crippen LogP contribution in [0.4, 0.5) is 0 Å². The maximum atomic E-state index is 6.10. The van der Waals surface area contributed by atoms with Gasteiger partial charge in [-0.2, -0.15) is 0 Å². The third-order valence-corrected chi connectivity index (χ3v) is 3.73. The van der Waals surface area contributed by atoms with Crippen LogP contribution in [0.1, 0.15) is 25.3 Å². The number of ether oxygens (including phenoxy) is 1. The number of rotatable bonds is 4. The Balaban J connectivity index is 2.05. The summed E-state index contributed by atoms with van der Waals surface area (Å²) in [7, 11) is 0. The molecule has 3 aromatic rings. The average Bonchev–Trinajstić information content (AvgIpc) is 2.57. The topological polar surface area (TPSA) is 9.23 Å². The highest BCUT2D eigenvalue weighted by Gasteiger charge is 2.10. The summed E-state index contributed by atoms with van der Waals surface area (Å²) < 4.78 is 6.10. The van der Waals surface area contributed by atoms with Crippen LogP contribution in [0.25, 0.3) is 11.1 Å². The molecule has 1 heteroatoms. The third-order valence-electron chi connectivity index (χ3n) is 3.73. The van der Waals surface area contributed by atoms with Gasteiger partial charge < -0.3 is 4.74 Å². The van der Waals surface area contributed by atoms with Crippen LogP contribution < -0.4 is 4.74 Å². The Morgan fingerprint density at radius 2 is 1.36 bits per heavy atom. The SMILES string of the molecule is CC(C)c1ccc(Oc2ccccc2)c(-c2ccccc2)c1. The molecule has 0 spiro atoms. The van der Waals surface area contributed by atoms with Gasteiger partial charge in [0.25, 0.3) is 0 Å². The highest BCUT2D eigenvalue weighted by Crippen LogP contribution is 2.35. The summed E-state index contributed by atoms with van der Waals surface area (Å²) in [6.07, 6.45) is 0. The molecule has 22 heavy (non-hydrogen) atoms. The lowest BCUT2D eigenvalue weighted by Crippen LogP contribution is -1.92. The van der Waals surface area contributed by atoms with Gasteiger partial charge in [-0.25, -0.2) is 0 Å². The fourth-order valence-corrected chi connectivity index (χ4v) is 2.45. The van der Waals surface area contributed by atoms with Crippen LogP contribution in [-0.2, 0) is 0 Å². The second-order valence-corrected chi connectivity index (χ2v) is 5.69. The lowest BCUT2D eigenvalue weighted by atomic mass is 9.96. The number of hydrogen-bond donors (Lipinski definition) is 0. The van der Waals surface area contributed by atoms with Gasteiger partial charge in [-0.05, 0) is 41.3 Å². The average molecular weight is 288 g/mol. The van der Waals surface area contributed by atoms with Gasteiger partial charge in [0, 0.05) is 5.56 Å². The molecule has 0 aliphatic carbocycles. The number of benzene rings is 3. The normalized spacial score (nSPS) is 10.7. The van der Waals surface area contributed by atoms with E-state index in [1.807, 2.05) is 36.4 Å². The van der Waals surface area contributed by atoms with Crippen molar-refractivity contribution in [3.8, 4) is 22.6 Å². The van der Waals surface area contributed by atoms with Crippen LogP contribution in [-0.4, -0.2) is 0 Å². The molecular formula is C21H20O. The first-order valence-corrected chi connectivity index (χ1v) is 7.66. The largest absolute Gasteiger partial charge is 0.457 e. The van der Waals surface area contributed by atoms with Gasteiger partial charge in [0.2, 0.25) is 0 Å². The molecule has 0 aliphatic rings. The van der Waals surface area contributed by atoms with Crippen LogP contribution in [0.2, 0.25) is 0 Å². The fourth-order valence-electron chi connectivity index (χ4n) is 2.45. The van der Waals surface area contributed by atoms with Crippen molar-refractivity contribution in [2.45, 2.75) is 19.8 Å². The summed E-state index contributed by atoms with van der Waals surface area (Å²) in [5, 5.41) is 0. The zero-order valence-electron chi connectivity index (χ0n) is 13.0. The summed E-state index contributed by atoms with van der Waals surface area (Å²) in [5.74, 6) is 2.24. The molecule has 3 rings (SSSR count). The molecule has 0 N–H and O–H groups in total. The Hall–Kier alpha value is -2.54. The maximum absolute atomic E-state index is 6.10. The third kappa shape index (κ3) is 3.20. The van der Waals surface area contributed by atoms with Crippen molar-refractivity contribution in [2.24, 2.45) is 0 Å². The molecule has 0 saturated heterocycles. The predicted octanol–water partition coefficient (Wildman–Crippen LogP) is 6.27. The molecular weight excluding hydrogens is 268 g/mol. The van der Waals surface area contributed by atoms with E-state index in [0.717, 1.165) is 17.1 Å². The zero-order chi connectivity index (χ0) is 15.4. The number of hydrogen-bond acceptors (Lipinski definition) is 1. The molecule has 0 aliphatic heterocycles. The molecule has 0 unspecified atom stereocenters. The summed E-state index contributed by atoms with van der Waals surface area (Å²) >= 11 is 0. The summed E-state index contributed by atoms with van der Waals surface area (Å²) in [6.45, 7) is 4.42. The van der Waals surface area contributed by atoms with Gasteiger partial charge in [0.05, 0.1) is 0 Å². The molecule has 3 aromatic carbocycles. The monoisotopic (exact) mass is 288 g/mol. The Labute approximate surface area is 132 Å². The second-order valence-electron chi connectivity index (χ2n) is 5.69. The van der Waals surface area contributed by atoms with E-state index in [1.54, 1.807) is 0 Å². The molecule has 0 aromatic heterocycles. The quantitative estimate of drug-likeness (QED) is 0.549. The van der Waals surface area contributed by atoms with Crippen LogP contribution in [0.3, 0.4) is 0 Å².